The molecule has 2 heterocycles. The Hall–Kier alpha value is -1.06. The van der Waals surface area contributed by atoms with Crippen LogP contribution in [-0.2, 0) is 6.42 Å². The van der Waals surface area contributed by atoms with E-state index < -0.39 is 0 Å². The van der Waals surface area contributed by atoms with Crippen molar-refractivity contribution in [1.82, 2.24) is 4.90 Å². The second-order valence-corrected chi connectivity index (χ2v) is 7.43. The SMILES string of the molecule is CC(C)N1CCC(CN)C1c1cccc2c1OC(C)(C)C2. The maximum atomic E-state index is 6.29. The van der Waals surface area contributed by atoms with Crippen LogP contribution in [0.5, 0.6) is 5.75 Å². The van der Waals surface area contributed by atoms with Gasteiger partial charge in [0.15, 0.2) is 0 Å². The van der Waals surface area contributed by atoms with Crippen LogP contribution in [0, 0.1) is 5.92 Å². The van der Waals surface area contributed by atoms with E-state index in [9.17, 15) is 0 Å². The van der Waals surface area contributed by atoms with Crippen molar-refractivity contribution in [3.05, 3.63) is 29.3 Å². The summed E-state index contributed by atoms with van der Waals surface area (Å²) in [6.45, 7) is 10.8. The van der Waals surface area contributed by atoms with Gasteiger partial charge < -0.3 is 10.5 Å². The Labute approximate surface area is 128 Å². The molecule has 116 valence electrons. The Morgan fingerprint density at radius 2 is 2.14 bits per heavy atom. The third-order valence-corrected chi connectivity index (χ3v) is 4.97. The van der Waals surface area contributed by atoms with Crippen LogP contribution >= 0.6 is 0 Å². The lowest BCUT2D eigenvalue weighted by atomic mass is 9.91. The number of fused-ring (bicyclic) bond motifs is 1. The number of para-hydroxylation sites is 1. The molecule has 1 saturated heterocycles. The minimum Gasteiger partial charge on any atom is -0.487 e. The maximum Gasteiger partial charge on any atom is 0.128 e. The highest BCUT2D eigenvalue weighted by molar-refractivity contribution is 5.48. The predicted octanol–water partition coefficient (Wildman–Crippen LogP) is 3.13. The van der Waals surface area contributed by atoms with E-state index >= 15 is 0 Å². The highest BCUT2D eigenvalue weighted by Gasteiger charge is 2.40. The summed E-state index contributed by atoms with van der Waals surface area (Å²) in [7, 11) is 0. The number of nitrogens with two attached hydrogens (primary N) is 1. The Morgan fingerprint density at radius 3 is 2.81 bits per heavy atom. The van der Waals surface area contributed by atoms with E-state index in [4.69, 9.17) is 10.5 Å². The molecule has 0 aromatic heterocycles. The Bertz CT molecular complexity index is 524. The zero-order valence-corrected chi connectivity index (χ0v) is 13.7. The lowest BCUT2D eigenvalue weighted by Gasteiger charge is -2.32. The number of hydrogen-bond acceptors (Lipinski definition) is 3. The molecule has 0 bridgehead atoms. The summed E-state index contributed by atoms with van der Waals surface area (Å²) in [6.07, 6.45) is 2.18. The van der Waals surface area contributed by atoms with E-state index in [1.54, 1.807) is 0 Å². The van der Waals surface area contributed by atoms with E-state index in [0.29, 0.717) is 18.0 Å². The van der Waals surface area contributed by atoms with Crippen LogP contribution < -0.4 is 10.5 Å². The van der Waals surface area contributed by atoms with E-state index in [0.717, 1.165) is 25.3 Å². The molecule has 3 nitrogen and oxygen atoms in total. The summed E-state index contributed by atoms with van der Waals surface area (Å²) in [5, 5.41) is 0. The molecule has 0 aliphatic carbocycles. The summed E-state index contributed by atoms with van der Waals surface area (Å²) in [5.41, 5.74) is 8.67. The first-order valence-corrected chi connectivity index (χ1v) is 8.19. The van der Waals surface area contributed by atoms with Gasteiger partial charge in [-0.1, -0.05) is 18.2 Å². The molecule has 2 atom stereocenters. The normalized spacial score (nSPS) is 27.9. The van der Waals surface area contributed by atoms with Gasteiger partial charge in [0, 0.05) is 24.1 Å². The first-order chi connectivity index (χ1) is 9.93. The topological polar surface area (TPSA) is 38.5 Å². The van der Waals surface area contributed by atoms with Crippen molar-refractivity contribution in [2.45, 2.75) is 58.2 Å². The molecule has 2 aliphatic rings. The zero-order valence-electron chi connectivity index (χ0n) is 13.7. The van der Waals surface area contributed by atoms with Crippen molar-refractivity contribution in [3.8, 4) is 5.75 Å². The van der Waals surface area contributed by atoms with Crippen molar-refractivity contribution < 1.29 is 4.74 Å². The van der Waals surface area contributed by atoms with Crippen molar-refractivity contribution in [1.29, 1.82) is 0 Å². The second kappa shape index (κ2) is 5.29. The molecule has 21 heavy (non-hydrogen) atoms. The van der Waals surface area contributed by atoms with Crippen LogP contribution in [0.25, 0.3) is 0 Å². The zero-order chi connectivity index (χ0) is 15.2. The van der Waals surface area contributed by atoms with Gasteiger partial charge >= 0.3 is 0 Å². The molecular weight excluding hydrogens is 260 g/mol. The third-order valence-electron chi connectivity index (χ3n) is 4.97. The molecule has 0 spiro atoms. The fraction of sp³-hybridized carbons (Fsp3) is 0.667. The van der Waals surface area contributed by atoms with Gasteiger partial charge in [-0.2, -0.15) is 0 Å². The molecule has 2 aliphatic heterocycles. The number of nitrogens with zero attached hydrogens (tertiary/aromatic N) is 1. The highest BCUT2D eigenvalue weighted by Crippen LogP contribution is 2.46. The Balaban J connectivity index is 2.02. The minimum absolute atomic E-state index is 0.0854. The fourth-order valence-electron chi connectivity index (χ4n) is 4.01. The monoisotopic (exact) mass is 288 g/mol. The first-order valence-electron chi connectivity index (χ1n) is 8.19. The van der Waals surface area contributed by atoms with Crippen molar-refractivity contribution in [2.24, 2.45) is 11.7 Å². The first kappa shape index (κ1) is 14.9. The van der Waals surface area contributed by atoms with Crippen LogP contribution in [0.4, 0.5) is 0 Å². The number of likely N-dealkylation sites (tertiary alicyclic amines) is 1. The van der Waals surface area contributed by atoms with Crippen molar-refractivity contribution in [2.75, 3.05) is 13.1 Å². The largest absolute Gasteiger partial charge is 0.487 e. The van der Waals surface area contributed by atoms with Gasteiger partial charge in [0.25, 0.3) is 0 Å². The van der Waals surface area contributed by atoms with E-state index in [1.165, 1.54) is 17.5 Å². The molecule has 3 rings (SSSR count). The highest BCUT2D eigenvalue weighted by atomic mass is 16.5. The lowest BCUT2D eigenvalue weighted by molar-refractivity contribution is 0.129. The average molecular weight is 288 g/mol. The Morgan fingerprint density at radius 1 is 1.38 bits per heavy atom. The molecule has 1 fully saturated rings. The second-order valence-electron chi connectivity index (χ2n) is 7.43. The Kier molecular flexibility index (Phi) is 3.74. The summed E-state index contributed by atoms with van der Waals surface area (Å²) in [6, 6.07) is 7.58. The van der Waals surface area contributed by atoms with Gasteiger partial charge in [0.1, 0.15) is 11.4 Å². The lowest BCUT2D eigenvalue weighted by Crippen LogP contribution is -2.34. The fourth-order valence-corrected chi connectivity index (χ4v) is 4.01. The molecule has 0 amide bonds. The van der Waals surface area contributed by atoms with Gasteiger partial charge in [-0.3, -0.25) is 4.90 Å². The van der Waals surface area contributed by atoms with Gasteiger partial charge in [0.05, 0.1) is 0 Å². The average Bonchev–Trinajstić information content (AvgIpc) is 2.96. The van der Waals surface area contributed by atoms with Crippen LogP contribution in [0.2, 0.25) is 0 Å². The standard InChI is InChI=1S/C18H28N2O/c1-12(2)20-9-8-14(11-19)16(20)15-7-5-6-13-10-18(3,4)21-17(13)15/h5-7,12,14,16H,8-11,19H2,1-4H3. The molecule has 0 radical (unpaired) electrons. The van der Waals surface area contributed by atoms with Gasteiger partial charge in [-0.25, -0.2) is 0 Å². The van der Waals surface area contributed by atoms with Gasteiger partial charge in [0.2, 0.25) is 0 Å². The maximum absolute atomic E-state index is 6.29. The third kappa shape index (κ3) is 2.58. The van der Waals surface area contributed by atoms with Crippen LogP contribution in [0.1, 0.15) is 51.3 Å². The summed E-state index contributed by atoms with van der Waals surface area (Å²) in [4.78, 5) is 2.59. The molecule has 2 N–H and O–H groups in total. The molecule has 2 unspecified atom stereocenters. The van der Waals surface area contributed by atoms with E-state index in [-0.39, 0.29) is 5.60 Å². The summed E-state index contributed by atoms with van der Waals surface area (Å²) < 4.78 is 6.29. The van der Waals surface area contributed by atoms with Crippen molar-refractivity contribution >= 4 is 0 Å². The van der Waals surface area contributed by atoms with E-state index in [2.05, 4.69) is 50.8 Å². The van der Waals surface area contributed by atoms with Crippen LogP contribution in [-0.4, -0.2) is 29.6 Å². The number of benzene rings is 1. The van der Waals surface area contributed by atoms with Gasteiger partial charge in [-0.05, 0) is 58.7 Å². The number of ether oxygens (including phenoxy) is 1. The number of hydrogen-bond donors (Lipinski definition) is 1. The van der Waals surface area contributed by atoms with Gasteiger partial charge in [-0.15, -0.1) is 0 Å². The smallest absolute Gasteiger partial charge is 0.128 e. The van der Waals surface area contributed by atoms with Crippen molar-refractivity contribution in [3.63, 3.8) is 0 Å². The van der Waals surface area contributed by atoms with E-state index in [1.807, 2.05) is 0 Å². The molecular formula is C18H28N2O. The summed E-state index contributed by atoms with van der Waals surface area (Å²) >= 11 is 0. The quantitative estimate of drug-likeness (QED) is 0.928. The molecule has 1 aromatic carbocycles. The molecule has 1 aromatic rings. The number of rotatable bonds is 3. The van der Waals surface area contributed by atoms with Crippen LogP contribution in [0.3, 0.4) is 0 Å². The minimum atomic E-state index is -0.0854. The molecule has 3 heteroatoms. The molecule has 0 saturated carbocycles. The summed E-state index contributed by atoms with van der Waals surface area (Å²) in [5.74, 6) is 1.66. The van der Waals surface area contributed by atoms with Crippen LogP contribution in [0.15, 0.2) is 18.2 Å². The predicted molar refractivity (Wildman–Crippen MR) is 86.6 cm³/mol.